The smallest absolute Gasteiger partial charge is 0.0543 e. The lowest BCUT2D eigenvalue weighted by Gasteiger charge is -2.30. The number of nitrogens with zero attached hydrogens (tertiary/aromatic N) is 2. The van der Waals surface area contributed by atoms with Gasteiger partial charge in [-0.1, -0.05) is 105 Å². The van der Waals surface area contributed by atoms with Gasteiger partial charge in [0.2, 0.25) is 0 Å². The number of anilines is 6. The van der Waals surface area contributed by atoms with Crippen LogP contribution in [0.2, 0.25) is 0 Å². The topological polar surface area (TPSA) is 6.48 Å². The molecule has 0 radical (unpaired) electrons. The van der Waals surface area contributed by atoms with Crippen molar-refractivity contribution in [3.63, 3.8) is 0 Å². The third-order valence-electron chi connectivity index (χ3n) is 9.42. The van der Waals surface area contributed by atoms with Gasteiger partial charge >= 0.3 is 0 Å². The van der Waals surface area contributed by atoms with Gasteiger partial charge in [0.25, 0.3) is 0 Å². The van der Waals surface area contributed by atoms with Crippen molar-refractivity contribution in [3.8, 4) is 0 Å². The van der Waals surface area contributed by atoms with Crippen LogP contribution >= 0.6 is 0 Å². The van der Waals surface area contributed by atoms with E-state index in [0.717, 1.165) is 22.7 Å². The molecule has 8 aromatic rings. The first-order chi connectivity index (χ1) is 23.0. The Kier molecular flexibility index (Phi) is 7.14. The highest BCUT2D eigenvalue weighted by Crippen LogP contribution is 2.49. The molecule has 0 aliphatic heterocycles. The molecule has 2 nitrogen and oxygen atoms in total. The zero-order valence-corrected chi connectivity index (χ0v) is 27.4. The number of rotatable bonds is 7. The summed E-state index contributed by atoms with van der Waals surface area (Å²) < 4.78 is 0. The fourth-order valence-electron chi connectivity index (χ4n) is 7.29. The molecule has 0 aliphatic rings. The molecule has 0 atom stereocenters. The van der Waals surface area contributed by atoms with Gasteiger partial charge in [0.15, 0.2) is 0 Å². The first-order valence-electron chi connectivity index (χ1n) is 16.6. The Bertz CT molecular complexity index is 2360. The van der Waals surface area contributed by atoms with E-state index in [1.807, 2.05) is 0 Å². The standard InChI is InChI=1S/C45H38N2/c1-30(2)41-29-43(47(35-17-9-6-10-18-35)37-20-12-14-32(4)28-37)40-23-21-33-22-26-42(39-25-24-38(41)45(40)44(33)39)46(34-15-7-5-8-16-34)36-19-11-13-31(3)27-36/h5-30H,1-4H3. The van der Waals surface area contributed by atoms with Crippen LogP contribution in [0.5, 0.6) is 0 Å². The monoisotopic (exact) mass is 606 g/mol. The minimum absolute atomic E-state index is 0.348. The van der Waals surface area contributed by atoms with Crippen LogP contribution in [-0.4, -0.2) is 0 Å². The van der Waals surface area contributed by atoms with Crippen molar-refractivity contribution in [2.75, 3.05) is 9.80 Å². The van der Waals surface area contributed by atoms with Crippen molar-refractivity contribution in [2.24, 2.45) is 0 Å². The van der Waals surface area contributed by atoms with Crippen molar-refractivity contribution >= 4 is 66.4 Å². The molecular formula is C45H38N2. The fraction of sp³-hybridized carbons (Fsp3) is 0.111. The van der Waals surface area contributed by atoms with E-state index in [9.17, 15) is 0 Å². The van der Waals surface area contributed by atoms with E-state index < -0.39 is 0 Å². The second kappa shape index (κ2) is 11.6. The van der Waals surface area contributed by atoms with Gasteiger partial charge in [-0.15, -0.1) is 0 Å². The van der Waals surface area contributed by atoms with Crippen LogP contribution in [0.15, 0.2) is 152 Å². The molecule has 0 aliphatic carbocycles. The summed E-state index contributed by atoms with van der Waals surface area (Å²) in [6.45, 7) is 8.97. The van der Waals surface area contributed by atoms with Gasteiger partial charge < -0.3 is 9.80 Å². The highest BCUT2D eigenvalue weighted by Gasteiger charge is 2.24. The van der Waals surface area contributed by atoms with E-state index in [1.54, 1.807) is 0 Å². The number of hydrogen-bond donors (Lipinski definition) is 0. The van der Waals surface area contributed by atoms with Crippen LogP contribution in [-0.2, 0) is 0 Å². The molecule has 0 heterocycles. The van der Waals surface area contributed by atoms with Crippen molar-refractivity contribution in [1.82, 2.24) is 0 Å². The summed E-state index contributed by atoms with van der Waals surface area (Å²) in [5.74, 6) is 0.348. The highest BCUT2D eigenvalue weighted by molar-refractivity contribution is 6.28. The lowest BCUT2D eigenvalue weighted by Crippen LogP contribution is -2.12. The Morgan fingerprint density at radius 2 is 0.894 bits per heavy atom. The lowest BCUT2D eigenvalue weighted by atomic mass is 9.86. The van der Waals surface area contributed by atoms with E-state index in [1.165, 1.54) is 60.4 Å². The maximum absolute atomic E-state index is 2.44. The molecule has 8 aromatic carbocycles. The van der Waals surface area contributed by atoms with Crippen molar-refractivity contribution < 1.29 is 0 Å². The first kappa shape index (κ1) is 28.8. The van der Waals surface area contributed by atoms with Gasteiger partial charge in [0.05, 0.1) is 11.4 Å². The predicted octanol–water partition coefficient (Wildman–Crippen LogP) is 13.3. The van der Waals surface area contributed by atoms with Crippen LogP contribution in [0, 0.1) is 13.8 Å². The normalized spacial score (nSPS) is 11.6. The van der Waals surface area contributed by atoms with Crippen LogP contribution in [0.4, 0.5) is 34.1 Å². The second-order valence-corrected chi connectivity index (χ2v) is 13.0. The molecule has 2 heteroatoms. The zero-order chi connectivity index (χ0) is 32.1. The number of hydrogen-bond acceptors (Lipinski definition) is 2. The highest BCUT2D eigenvalue weighted by atomic mass is 15.1. The van der Waals surface area contributed by atoms with Crippen molar-refractivity contribution in [2.45, 2.75) is 33.6 Å². The maximum atomic E-state index is 2.44. The molecule has 0 aromatic heterocycles. The molecule has 0 saturated heterocycles. The van der Waals surface area contributed by atoms with Crippen LogP contribution in [0.25, 0.3) is 32.3 Å². The molecule has 47 heavy (non-hydrogen) atoms. The van der Waals surface area contributed by atoms with E-state index in [4.69, 9.17) is 0 Å². The summed E-state index contributed by atoms with van der Waals surface area (Å²) in [5, 5.41) is 7.73. The first-order valence-corrected chi connectivity index (χ1v) is 16.6. The summed E-state index contributed by atoms with van der Waals surface area (Å²) >= 11 is 0. The molecule has 8 rings (SSSR count). The Hall–Kier alpha value is -5.60. The van der Waals surface area contributed by atoms with Crippen molar-refractivity contribution in [1.29, 1.82) is 0 Å². The minimum atomic E-state index is 0.348. The average molecular weight is 607 g/mol. The zero-order valence-electron chi connectivity index (χ0n) is 27.4. The average Bonchev–Trinajstić information content (AvgIpc) is 3.09. The van der Waals surface area contributed by atoms with Crippen LogP contribution in [0.3, 0.4) is 0 Å². The largest absolute Gasteiger partial charge is 0.310 e. The van der Waals surface area contributed by atoms with Gasteiger partial charge in [-0.05, 0) is 119 Å². The number of aryl methyl sites for hydroxylation is 2. The number of benzene rings is 8. The van der Waals surface area contributed by atoms with Crippen molar-refractivity contribution in [3.05, 3.63) is 168 Å². The van der Waals surface area contributed by atoms with Gasteiger partial charge in [0, 0.05) is 33.5 Å². The van der Waals surface area contributed by atoms with E-state index >= 15 is 0 Å². The Morgan fingerprint density at radius 1 is 0.404 bits per heavy atom. The molecule has 0 N–H and O–H groups in total. The summed E-state index contributed by atoms with van der Waals surface area (Å²) in [4.78, 5) is 4.85. The third kappa shape index (κ3) is 4.98. The Balaban J connectivity index is 1.47. The second-order valence-electron chi connectivity index (χ2n) is 13.0. The molecule has 0 spiro atoms. The van der Waals surface area contributed by atoms with Crippen LogP contribution < -0.4 is 9.80 Å². The molecule has 0 unspecified atom stereocenters. The van der Waals surface area contributed by atoms with Gasteiger partial charge in [-0.25, -0.2) is 0 Å². The molecule has 0 fully saturated rings. The maximum Gasteiger partial charge on any atom is 0.0543 e. The summed E-state index contributed by atoms with van der Waals surface area (Å²) in [5.41, 5.74) is 10.8. The quantitative estimate of drug-likeness (QED) is 0.167. The van der Waals surface area contributed by atoms with Gasteiger partial charge in [-0.3, -0.25) is 0 Å². The summed E-state index contributed by atoms with van der Waals surface area (Å²) in [6, 6.07) is 55.6. The fourth-order valence-corrected chi connectivity index (χ4v) is 7.29. The SMILES string of the molecule is Cc1cccc(N(c2ccccc2)c2ccc3ccc4c(N(c5ccccc5)c5cccc(C)c5)cc(C(C)C)c5ccc2c3c54)c1. The summed E-state index contributed by atoms with van der Waals surface area (Å²) in [6.07, 6.45) is 0. The van der Waals surface area contributed by atoms with E-state index in [0.29, 0.717) is 5.92 Å². The van der Waals surface area contributed by atoms with Gasteiger partial charge in [-0.2, -0.15) is 0 Å². The molecule has 0 amide bonds. The third-order valence-corrected chi connectivity index (χ3v) is 9.42. The number of para-hydroxylation sites is 2. The Morgan fingerprint density at radius 3 is 1.47 bits per heavy atom. The van der Waals surface area contributed by atoms with E-state index in [-0.39, 0.29) is 0 Å². The van der Waals surface area contributed by atoms with Gasteiger partial charge in [0.1, 0.15) is 0 Å². The molecular weight excluding hydrogens is 569 g/mol. The molecule has 0 bridgehead atoms. The summed E-state index contributed by atoms with van der Waals surface area (Å²) in [7, 11) is 0. The molecule has 228 valence electrons. The predicted molar refractivity (Wildman–Crippen MR) is 203 cm³/mol. The molecule has 0 saturated carbocycles. The minimum Gasteiger partial charge on any atom is -0.310 e. The lowest BCUT2D eigenvalue weighted by molar-refractivity contribution is 0.876. The Labute approximate surface area is 277 Å². The van der Waals surface area contributed by atoms with E-state index in [2.05, 4.69) is 189 Å². The van der Waals surface area contributed by atoms with Crippen LogP contribution in [0.1, 0.15) is 36.5 Å².